The van der Waals surface area contributed by atoms with E-state index in [1.54, 1.807) is 0 Å². The molecule has 0 atom stereocenters. The normalized spacial score (nSPS) is 3.60. The van der Waals surface area contributed by atoms with Crippen molar-refractivity contribution in [3.63, 3.8) is 0 Å². The molecular formula is HBeF3N+. The summed E-state index contributed by atoms with van der Waals surface area (Å²) in [6.45, 7) is 0. The molecule has 0 fully saturated rings. The molecule has 0 unspecified atom stereocenters. The Morgan fingerprint density at radius 3 is 1.20 bits per heavy atom. The molecule has 0 aliphatic heterocycles. The van der Waals surface area contributed by atoms with Crippen LogP contribution in [0.1, 0.15) is 0 Å². The van der Waals surface area contributed by atoms with Gasteiger partial charge in [-0.15, -0.1) is 8.96 Å². The second kappa shape index (κ2) is 39.5. The van der Waals surface area contributed by atoms with Gasteiger partial charge in [-0.1, -0.05) is 0 Å². The Hall–Kier alpha value is -0.0812. The van der Waals surface area contributed by atoms with Gasteiger partial charge in [0.1, 0.15) is 0 Å². The second-order valence-electron chi connectivity index (χ2n) is 0.0714. The third-order valence-electron chi connectivity index (χ3n) is 0. The van der Waals surface area contributed by atoms with Gasteiger partial charge in [-0.25, -0.2) is 0 Å². The molecular weight excluding hydrogens is 80.0 g/mol. The monoisotopic (exact) mass is 81.0 g/mol. The van der Waals surface area contributed by atoms with Crippen LogP contribution >= 0.6 is 0 Å². The zero-order valence-corrected chi connectivity index (χ0v) is 2.34. The molecule has 5 heteroatoms. The Balaban J connectivity index is -0.0000000200. The summed E-state index contributed by atoms with van der Waals surface area (Å²) in [6, 6.07) is 0. The smallest absolute Gasteiger partial charge is 1.00 e. The van der Waals surface area contributed by atoms with E-state index in [-0.39, 0.29) is 20.6 Å². The van der Waals surface area contributed by atoms with Crippen LogP contribution in [0.15, 0.2) is 0 Å². The molecule has 1 nitrogen and oxygen atoms in total. The van der Waals surface area contributed by atoms with E-state index in [0.717, 1.165) is 0 Å². The van der Waals surface area contributed by atoms with Gasteiger partial charge in [0.15, 0.2) is 0 Å². The number of hydrogen-bond acceptors (Lipinski definition) is 1. The zero-order valence-electron chi connectivity index (χ0n) is 2.34. The molecule has 5 heavy (non-hydrogen) atoms. The molecule has 0 saturated carbocycles. The minimum atomic E-state index is -0.250. The summed E-state index contributed by atoms with van der Waals surface area (Å²) in [4.78, 5) is 0. The molecule has 0 aliphatic rings. The summed E-state index contributed by atoms with van der Waals surface area (Å²) in [7, 11) is 0. The summed E-state index contributed by atoms with van der Waals surface area (Å²) >= 11 is 0. The van der Waals surface area contributed by atoms with E-state index >= 15 is 0 Å². The molecule has 0 rings (SSSR count). The first-order chi connectivity index (χ1) is 1.41. The third-order valence-corrected chi connectivity index (χ3v) is 0. The van der Waals surface area contributed by atoms with Crippen LogP contribution < -0.4 is 10.5 Å². The summed E-state index contributed by atoms with van der Waals surface area (Å²) in [5, 5.41) is 0. The number of nitrogens with one attached hydrogen (secondary N) is 1. The molecule has 0 heterocycles. The van der Waals surface area contributed by atoms with Gasteiger partial charge >= 0.3 is 10.1 Å². The van der Waals surface area contributed by atoms with Crippen molar-refractivity contribution in [2.24, 2.45) is 0 Å². The fraction of sp³-hybridized carbons (Fsp3) is 0. The van der Waals surface area contributed by atoms with Crippen LogP contribution in [0.4, 0.5) is 8.96 Å². The van der Waals surface area contributed by atoms with Crippen LogP contribution in [0.2, 0.25) is 0 Å². The van der Waals surface area contributed by atoms with Gasteiger partial charge in [-0.2, -0.15) is 0 Å². The predicted octanol–water partition coefficient (Wildman–Crippen LogP) is -3.03. The zero-order chi connectivity index (χ0) is 2.71. The molecule has 28 valence electrons. The molecule has 0 aliphatic carbocycles. The maximum absolute atomic E-state index is 9.38. The van der Waals surface area contributed by atoms with Gasteiger partial charge in [0.05, 0.1) is 0 Å². The molecule has 0 aromatic heterocycles. The molecule has 0 amide bonds. The average Bonchev–Trinajstić information content (AvgIpc) is 0.918. The van der Waals surface area contributed by atoms with Crippen LogP contribution in [0, 0.1) is 0 Å². The van der Waals surface area contributed by atoms with Crippen molar-refractivity contribution in [2.75, 3.05) is 0 Å². The quantitative estimate of drug-likeness (QED) is 0.241. The van der Waals surface area contributed by atoms with E-state index in [0.29, 0.717) is 0 Å². The Morgan fingerprint density at radius 2 is 1.20 bits per heavy atom. The minimum absolute atomic E-state index is 0. The first-order valence-electron chi connectivity index (χ1n) is 0.378. The van der Waals surface area contributed by atoms with E-state index in [1.807, 2.05) is 0 Å². The SMILES string of the molecule is FNF.[Be+2].[F-]. The Bertz CT molecular complexity index is 6.85. The van der Waals surface area contributed by atoms with Crippen molar-refractivity contribution in [1.82, 2.24) is 5.76 Å². The molecule has 0 bridgehead atoms. The van der Waals surface area contributed by atoms with E-state index in [4.69, 9.17) is 0 Å². The van der Waals surface area contributed by atoms with Crippen LogP contribution in [0.3, 0.4) is 0 Å². The Morgan fingerprint density at radius 1 is 1.20 bits per heavy atom. The van der Waals surface area contributed by atoms with Crippen LogP contribution in [-0.2, 0) is 0 Å². The first kappa shape index (κ1) is 20.5. The summed E-state index contributed by atoms with van der Waals surface area (Å²) in [6.07, 6.45) is 0. The molecule has 0 radical (unpaired) electrons. The summed E-state index contributed by atoms with van der Waals surface area (Å²) < 4.78 is 18.8. The van der Waals surface area contributed by atoms with E-state index in [9.17, 15) is 8.96 Å². The molecule has 1 N–H and O–H groups in total. The third kappa shape index (κ3) is 2190. The van der Waals surface area contributed by atoms with E-state index in [2.05, 4.69) is 0 Å². The van der Waals surface area contributed by atoms with Crippen molar-refractivity contribution >= 4 is 10.1 Å². The Kier molecular flexibility index (Phi) is 162. The molecule has 0 aromatic carbocycles. The fourth-order valence-electron chi connectivity index (χ4n) is 0. The van der Waals surface area contributed by atoms with Gasteiger partial charge in [-0.3, -0.25) is 0 Å². The van der Waals surface area contributed by atoms with Gasteiger partial charge < -0.3 is 4.70 Å². The van der Waals surface area contributed by atoms with Crippen LogP contribution in [0.5, 0.6) is 0 Å². The number of hydrogen-bond donors (Lipinski definition) is 1. The summed E-state index contributed by atoms with van der Waals surface area (Å²) in [5.41, 5.74) is 0. The maximum atomic E-state index is 9.38. The van der Waals surface area contributed by atoms with Crippen molar-refractivity contribution in [2.45, 2.75) is 0 Å². The molecule has 0 spiro atoms. The van der Waals surface area contributed by atoms with E-state index < -0.39 is 0 Å². The largest absolute Gasteiger partial charge is 2.00 e. The topological polar surface area (TPSA) is 12.0 Å². The number of halogens is 3. The predicted molar refractivity (Wildman–Crippen MR) is 11.1 cm³/mol. The minimum Gasteiger partial charge on any atom is -1.00 e. The summed E-state index contributed by atoms with van der Waals surface area (Å²) in [5.74, 6) is -0.250. The van der Waals surface area contributed by atoms with Gasteiger partial charge in [-0.05, 0) is 0 Å². The van der Waals surface area contributed by atoms with Crippen LogP contribution in [-0.4, -0.2) is 10.1 Å². The maximum Gasteiger partial charge on any atom is 2.00 e. The average molecular weight is 81.0 g/mol. The number of rotatable bonds is 0. The molecule has 0 aromatic rings. The van der Waals surface area contributed by atoms with E-state index in [1.165, 1.54) is 0 Å². The van der Waals surface area contributed by atoms with Gasteiger partial charge in [0, 0.05) is 5.76 Å². The Labute approximate surface area is 30.8 Å². The standard InChI is InChI=1S/Be.F2HN.FH/c;1-3-2;/h;3H;1H/q+2;;/p-1. The first-order valence-corrected chi connectivity index (χ1v) is 0.378. The van der Waals surface area contributed by atoms with Crippen molar-refractivity contribution < 1.29 is 13.7 Å². The molecule has 0 saturated heterocycles. The fourth-order valence-corrected chi connectivity index (χ4v) is 0. The van der Waals surface area contributed by atoms with Crippen LogP contribution in [0.25, 0.3) is 0 Å². The van der Waals surface area contributed by atoms with Crippen molar-refractivity contribution in [3.05, 3.63) is 0 Å². The van der Waals surface area contributed by atoms with Crippen molar-refractivity contribution in [3.8, 4) is 0 Å². The van der Waals surface area contributed by atoms with Gasteiger partial charge in [0.25, 0.3) is 0 Å². The second-order valence-corrected chi connectivity index (χ2v) is 0.0714. The van der Waals surface area contributed by atoms with Crippen molar-refractivity contribution in [1.29, 1.82) is 0 Å². The van der Waals surface area contributed by atoms with Gasteiger partial charge in [0.2, 0.25) is 0 Å².